The van der Waals surface area contributed by atoms with Gasteiger partial charge in [0.15, 0.2) is 0 Å². The molecule has 0 saturated carbocycles. The summed E-state index contributed by atoms with van der Waals surface area (Å²) >= 11 is 0. The number of rotatable bonds is 11. The summed E-state index contributed by atoms with van der Waals surface area (Å²) in [4.78, 5) is 60.2. The second-order valence-electron chi connectivity index (χ2n) is 12.6. The van der Waals surface area contributed by atoms with Crippen LogP contribution in [0.4, 0.5) is 30.4 Å². The number of nitrogens with zero attached hydrogens (tertiary/aromatic N) is 3. The first-order chi connectivity index (χ1) is 24.4. The molecule has 5 aromatic rings. The van der Waals surface area contributed by atoms with Gasteiger partial charge in [0, 0.05) is 61.5 Å². The number of H-pyrrole nitrogens is 2. The molecule has 266 valence electrons. The van der Waals surface area contributed by atoms with Crippen LogP contribution in [-0.2, 0) is 13.0 Å². The number of carboxylic acid groups (broad SMARTS) is 1. The molecule has 0 unspecified atom stereocenters. The maximum atomic E-state index is 15.4. The molecule has 3 aromatic carbocycles. The number of benzene rings is 3. The molecule has 3 heterocycles. The largest absolute Gasteiger partial charge is 0.477 e. The lowest BCUT2D eigenvalue weighted by molar-refractivity contribution is 0.0696. The Morgan fingerprint density at radius 3 is 2.31 bits per heavy atom. The highest BCUT2D eigenvalue weighted by atomic mass is 19.1. The number of hydrogen-bond acceptors (Lipinski definition) is 7. The van der Waals surface area contributed by atoms with Crippen molar-refractivity contribution in [2.45, 2.75) is 39.7 Å². The highest BCUT2D eigenvalue weighted by Crippen LogP contribution is 2.30. The number of halogens is 3. The molecular weight excluding hydrogens is 665 g/mol. The van der Waals surface area contributed by atoms with Gasteiger partial charge >= 0.3 is 11.7 Å². The van der Waals surface area contributed by atoms with E-state index in [4.69, 9.17) is 0 Å². The molecule has 2 aromatic heterocycles. The molecule has 0 aliphatic carbocycles. The first-order valence-corrected chi connectivity index (χ1v) is 16.7. The second-order valence-corrected chi connectivity index (χ2v) is 12.6. The zero-order valence-corrected chi connectivity index (χ0v) is 28.1. The van der Waals surface area contributed by atoms with E-state index in [0.29, 0.717) is 51.0 Å². The fraction of sp³-hybridized carbons (Fsp3) is 0.297. The molecule has 1 aliphatic rings. The molecule has 0 bridgehead atoms. The maximum Gasteiger partial charge on any atom is 0.341 e. The lowest BCUT2D eigenvalue weighted by Crippen LogP contribution is -2.47. The van der Waals surface area contributed by atoms with Crippen LogP contribution in [0.25, 0.3) is 22.2 Å². The van der Waals surface area contributed by atoms with E-state index in [1.165, 1.54) is 27.8 Å². The number of aromatic carboxylic acids is 1. The number of unbranched alkanes of at least 4 members (excludes halogenated alkanes) is 1. The van der Waals surface area contributed by atoms with Gasteiger partial charge in [-0.2, -0.15) is 0 Å². The van der Waals surface area contributed by atoms with Gasteiger partial charge in [-0.15, -0.1) is 0 Å². The fourth-order valence-electron chi connectivity index (χ4n) is 6.54. The normalized spacial score (nSPS) is 13.5. The van der Waals surface area contributed by atoms with E-state index in [9.17, 15) is 33.1 Å². The molecule has 1 aliphatic heterocycles. The van der Waals surface area contributed by atoms with Crippen molar-refractivity contribution >= 4 is 34.1 Å². The van der Waals surface area contributed by atoms with Gasteiger partial charge in [-0.1, -0.05) is 13.0 Å². The molecule has 51 heavy (non-hydrogen) atoms. The smallest absolute Gasteiger partial charge is 0.341 e. The highest BCUT2D eigenvalue weighted by molar-refractivity contribution is 5.99. The average Bonchev–Trinajstić information content (AvgIpc) is 3.08. The van der Waals surface area contributed by atoms with Crippen LogP contribution in [0, 0.1) is 24.4 Å². The molecule has 1 saturated heterocycles. The number of nitrogens with one attached hydrogen (secondary N) is 3. The Morgan fingerprint density at radius 1 is 0.882 bits per heavy atom. The summed E-state index contributed by atoms with van der Waals surface area (Å²) in [7, 11) is 0. The number of aryl methyl sites for hydroxylation is 2. The number of aromatic amines is 2. The molecule has 0 atom stereocenters. The third-order valence-corrected chi connectivity index (χ3v) is 9.33. The Kier molecular flexibility index (Phi) is 10.1. The minimum atomic E-state index is -1.63. The summed E-state index contributed by atoms with van der Waals surface area (Å²) < 4.78 is 44.8. The summed E-state index contributed by atoms with van der Waals surface area (Å²) in [6.07, 6.45) is 2.18. The monoisotopic (exact) mass is 702 g/mol. The van der Waals surface area contributed by atoms with Crippen LogP contribution < -0.4 is 26.9 Å². The predicted octanol–water partition coefficient (Wildman–Crippen LogP) is 5.38. The van der Waals surface area contributed by atoms with E-state index in [0.717, 1.165) is 36.7 Å². The van der Waals surface area contributed by atoms with Gasteiger partial charge in [0.25, 0.3) is 5.56 Å². The van der Waals surface area contributed by atoms with Crippen molar-refractivity contribution in [3.8, 4) is 11.3 Å². The van der Waals surface area contributed by atoms with Gasteiger partial charge in [-0.05, 0) is 80.3 Å². The summed E-state index contributed by atoms with van der Waals surface area (Å²) in [6, 6.07) is 12.2. The molecular formula is C37H37F3N6O5. The first-order valence-electron chi connectivity index (χ1n) is 16.7. The van der Waals surface area contributed by atoms with Gasteiger partial charge in [0.2, 0.25) is 5.43 Å². The predicted molar refractivity (Wildman–Crippen MR) is 190 cm³/mol. The fourth-order valence-corrected chi connectivity index (χ4v) is 6.54. The number of carbonyl (C=O) groups is 1. The van der Waals surface area contributed by atoms with E-state index < -0.39 is 45.7 Å². The minimum Gasteiger partial charge on any atom is -0.477 e. The summed E-state index contributed by atoms with van der Waals surface area (Å²) in [5.41, 5.74) is 0.118. The molecule has 0 radical (unpaired) electrons. The number of aromatic nitrogens is 3. The number of piperazine rings is 1. The zero-order valence-electron chi connectivity index (χ0n) is 28.1. The van der Waals surface area contributed by atoms with Gasteiger partial charge in [0.05, 0.1) is 16.9 Å². The zero-order chi connectivity index (χ0) is 36.4. The van der Waals surface area contributed by atoms with Crippen LogP contribution in [0.2, 0.25) is 0 Å². The Hall–Kier alpha value is -5.63. The first kappa shape index (κ1) is 35.2. The van der Waals surface area contributed by atoms with Crippen molar-refractivity contribution in [3.05, 3.63) is 120 Å². The van der Waals surface area contributed by atoms with Crippen LogP contribution in [-0.4, -0.2) is 63.2 Å². The average molecular weight is 703 g/mol. The van der Waals surface area contributed by atoms with E-state index in [-0.39, 0.29) is 34.4 Å². The van der Waals surface area contributed by atoms with Gasteiger partial charge < -0.3 is 20.3 Å². The topological polar surface area (TPSA) is 144 Å². The molecule has 0 spiro atoms. The summed E-state index contributed by atoms with van der Waals surface area (Å²) in [5.74, 6) is -3.94. The van der Waals surface area contributed by atoms with Gasteiger partial charge in [-0.3, -0.25) is 24.0 Å². The van der Waals surface area contributed by atoms with Crippen molar-refractivity contribution < 1.29 is 23.1 Å². The molecule has 14 heteroatoms. The third kappa shape index (κ3) is 7.45. The number of fused-ring (bicyclic) bond motifs is 1. The Morgan fingerprint density at radius 2 is 1.63 bits per heavy atom. The Balaban J connectivity index is 1.08. The third-order valence-electron chi connectivity index (χ3n) is 9.33. The molecule has 4 N–H and O–H groups in total. The standard InChI is InChI=1S/C37H37F3N6O5/c1-3-22-16-24(8-6-21(22)2)41-31-20-32(47)46(37(51)43-31)11-5-4-10-44-12-14-45(15-13-44)30-19-29-26(18-28(30)40)35(48)33(36(49)50)34(42-29)25-9-7-23(38)17-27(25)39/h6-9,16-20,41H,3-5,10-15H2,1-2H3,(H,42,48)(H,43,51)(H,49,50). The molecule has 11 nitrogen and oxygen atoms in total. The van der Waals surface area contributed by atoms with Crippen molar-refractivity contribution in [2.75, 3.05) is 42.9 Å². The highest BCUT2D eigenvalue weighted by Gasteiger charge is 2.25. The second kappa shape index (κ2) is 14.7. The van der Waals surface area contributed by atoms with Crippen LogP contribution >= 0.6 is 0 Å². The van der Waals surface area contributed by atoms with E-state index in [1.54, 1.807) is 4.90 Å². The Bertz CT molecular complexity index is 2280. The number of carboxylic acids is 1. The lowest BCUT2D eigenvalue weighted by atomic mass is 10.0. The van der Waals surface area contributed by atoms with Crippen molar-refractivity contribution in [2.24, 2.45) is 0 Å². The maximum absolute atomic E-state index is 15.4. The number of pyridine rings is 1. The van der Waals surface area contributed by atoms with Crippen molar-refractivity contribution in [3.63, 3.8) is 0 Å². The molecule has 0 amide bonds. The Labute approximate surface area is 290 Å². The van der Waals surface area contributed by atoms with Crippen LogP contribution in [0.3, 0.4) is 0 Å². The van der Waals surface area contributed by atoms with E-state index >= 15 is 4.39 Å². The van der Waals surface area contributed by atoms with E-state index in [1.807, 2.05) is 25.1 Å². The van der Waals surface area contributed by atoms with Crippen LogP contribution in [0.1, 0.15) is 41.3 Å². The van der Waals surface area contributed by atoms with Crippen molar-refractivity contribution in [1.82, 2.24) is 19.4 Å². The van der Waals surface area contributed by atoms with Crippen LogP contribution in [0.15, 0.2) is 69.0 Å². The van der Waals surface area contributed by atoms with E-state index in [2.05, 4.69) is 27.1 Å². The minimum absolute atomic E-state index is 0.109. The summed E-state index contributed by atoms with van der Waals surface area (Å²) in [5, 5.41) is 12.6. The SMILES string of the molecule is CCc1cc(Nc2cc(=O)n(CCCCN3CCN(c4cc5[nH]c(-c6ccc(F)cc6F)c(C(=O)O)c(=O)c5cc4F)CC3)c(=O)[nH]2)ccc1C. The van der Waals surface area contributed by atoms with Crippen LogP contribution in [0.5, 0.6) is 0 Å². The molecule has 6 rings (SSSR count). The summed E-state index contributed by atoms with van der Waals surface area (Å²) in [6.45, 7) is 7.15. The number of hydrogen-bond donors (Lipinski definition) is 4. The quantitative estimate of drug-likeness (QED) is 0.135. The molecule has 1 fully saturated rings. The lowest BCUT2D eigenvalue weighted by Gasteiger charge is -2.36. The van der Waals surface area contributed by atoms with Gasteiger partial charge in [0.1, 0.15) is 28.8 Å². The van der Waals surface area contributed by atoms with Crippen molar-refractivity contribution in [1.29, 1.82) is 0 Å². The number of anilines is 3. The van der Waals surface area contributed by atoms with Gasteiger partial charge in [-0.25, -0.2) is 22.8 Å².